The number of nitrogens with zero attached hydrogens (tertiary/aromatic N) is 1. The molecule has 0 aromatic heterocycles. The molecule has 4 rings (SSSR count). The molecule has 0 amide bonds. The first-order valence-electron chi connectivity index (χ1n) is 21.2. The summed E-state index contributed by atoms with van der Waals surface area (Å²) in [5.41, 5.74) is 1.48. The van der Waals surface area contributed by atoms with Gasteiger partial charge in [0.15, 0.2) is 11.5 Å². The Bertz CT molecular complexity index is 1840. The van der Waals surface area contributed by atoms with Gasteiger partial charge in [0.2, 0.25) is 0 Å². The summed E-state index contributed by atoms with van der Waals surface area (Å²) >= 11 is 0. The van der Waals surface area contributed by atoms with Crippen LogP contribution in [0.5, 0.6) is 46.0 Å². The number of aliphatic hydroxyl groups is 2. The minimum atomic E-state index is -0.730. The minimum absolute atomic E-state index is 0.0598. The minimum Gasteiger partial charge on any atom is -0.497 e. The van der Waals surface area contributed by atoms with E-state index in [2.05, 4.69) is 30.6 Å². The lowest BCUT2D eigenvalue weighted by molar-refractivity contribution is 0.0818. The first-order chi connectivity index (χ1) is 30.7. The van der Waals surface area contributed by atoms with Crippen molar-refractivity contribution in [2.45, 2.75) is 39.4 Å². The van der Waals surface area contributed by atoms with Gasteiger partial charge in [-0.05, 0) is 104 Å². The van der Waals surface area contributed by atoms with Crippen LogP contribution in [0.2, 0.25) is 0 Å². The number of methoxy groups -OCH3 is 3. The van der Waals surface area contributed by atoms with Crippen LogP contribution in [-0.2, 0) is 15.9 Å². The fourth-order valence-corrected chi connectivity index (χ4v) is 5.56. The largest absolute Gasteiger partial charge is 0.497 e. The molecule has 0 spiro atoms. The predicted molar refractivity (Wildman–Crippen MR) is 241 cm³/mol. The van der Waals surface area contributed by atoms with Gasteiger partial charge in [0, 0.05) is 38.9 Å². The quantitative estimate of drug-likeness (QED) is 0.0451. The first-order valence-corrected chi connectivity index (χ1v) is 21.2. The summed E-state index contributed by atoms with van der Waals surface area (Å²) in [6.07, 6.45) is -0.511. The lowest BCUT2D eigenvalue weighted by atomic mass is 10.1. The van der Waals surface area contributed by atoms with Crippen LogP contribution in [0.3, 0.4) is 0 Å². The maximum absolute atomic E-state index is 10.1. The van der Waals surface area contributed by atoms with Crippen LogP contribution in [0.25, 0.3) is 0 Å². The topological polar surface area (TPSA) is 181 Å². The van der Waals surface area contributed by atoms with Crippen molar-refractivity contribution in [2.75, 3.05) is 107 Å². The number of nitrogens with one attached hydrogen (secondary N) is 2. The third kappa shape index (κ3) is 21.9. The molecule has 4 aromatic carbocycles. The summed E-state index contributed by atoms with van der Waals surface area (Å²) in [4.78, 5) is 0. The molecule has 15 nitrogen and oxygen atoms in total. The smallest absolute Gasteiger partial charge is 0.160 e. The summed E-state index contributed by atoms with van der Waals surface area (Å²) in [5.74, 6) is 5.87. The molecule has 0 saturated heterocycles. The zero-order valence-electron chi connectivity index (χ0n) is 37.6. The average Bonchev–Trinajstić information content (AvgIpc) is 3.30. The van der Waals surface area contributed by atoms with Crippen LogP contribution in [0, 0.1) is 17.2 Å². The second-order valence-electron chi connectivity index (χ2n) is 14.4. The molecule has 0 aliphatic heterocycles. The van der Waals surface area contributed by atoms with Crippen LogP contribution in [0.15, 0.2) is 84.9 Å². The second-order valence-corrected chi connectivity index (χ2v) is 14.4. The van der Waals surface area contributed by atoms with E-state index in [1.807, 2.05) is 73.7 Å². The molecule has 0 saturated carbocycles. The van der Waals surface area contributed by atoms with Crippen molar-refractivity contribution >= 4 is 0 Å². The van der Waals surface area contributed by atoms with E-state index in [9.17, 15) is 15.5 Å². The summed E-state index contributed by atoms with van der Waals surface area (Å²) in [5, 5.41) is 36.0. The maximum atomic E-state index is 10.1. The Labute approximate surface area is 373 Å². The number of ether oxygens (including phenoxy) is 10. The number of aliphatic hydroxyl groups excluding tert-OH is 2. The van der Waals surface area contributed by atoms with Crippen molar-refractivity contribution in [1.29, 1.82) is 5.26 Å². The predicted octanol–water partition coefficient (Wildman–Crippen LogP) is 5.72. The normalized spacial score (nSPS) is 11.7. The number of nitriles is 1. The van der Waals surface area contributed by atoms with Gasteiger partial charge in [-0.1, -0.05) is 19.9 Å². The average molecular weight is 878 g/mol. The Hall–Kier alpha value is -5.47. The van der Waals surface area contributed by atoms with Gasteiger partial charge in [-0.2, -0.15) is 5.26 Å². The molecular weight excluding hydrogens is 811 g/mol. The van der Waals surface area contributed by atoms with E-state index in [0.717, 1.165) is 35.8 Å². The van der Waals surface area contributed by atoms with Gasteiger partial charge in [-0.25, -0.2) is 0 Å². The summed E-state index contributed by atoms with van der Waals surface area (Å²) < 4.78 is 54.5. The summed E-state index contributed by atoms with van der Waals surface area (Å²) in [6.45, 7) is 12.3. The van der Waals surface area contributed by atoms with Crippen LogP contribution in [0.4, 0.5) is 0 Å². The van der Waals surface area contributed by atoms with Gasteiger partial charge in [0.25, 0.3) is 0 Å². The Morgan fingerprint density at radius 1 is 0.540 bits per heavy atom. The Kier molecular flexibility index (Phi) is 25.8. The van der Waals surface area contributed by atoms with Gasteiger partial charge >= 0.3 is 0 Å². The maximum Gasteiger partial charge on any atom is 0.160 e. The lowest BCUT2D eigenvalue weighted by Gasteiger charge is -2.15. The summed E-state index contributed by atoms with van der Waals surface area (Å²) in [7, 11) is 4.86. The third-order valence-corrected chi connectivity index (χ3v) is 8.82. The van der Waals surface area contributed by atoms with E-state index >= 15 is 0 Å². The SMILES string of the molecule is CCOCCOc1ccc(OC[C@@H](O)CNCCc2ccc(OC)c(OC)c2)cc1.COc1ccc(OCCNC[C@H](O)COc2ccc(OCCOCC(C)C)cc2C#N)cc1. The Balaban J connectivity index is 0.000000337. The van der Waals surface area contributed by atoms with Crippen molar-refractivity contribution in [1.82, 2.24) is 10.6 Å². The molecule has 15 heteroatoms. The van der Waals surface area contributed by atoms with Crippen molar-refractivity contribution in [3.63, 3.8) is 0 Å². The Morgan fingerprint density at radius 3 is 1.68 bits per heavy atom. The molecule has 0 radical (unpaired) electrons. The van der Waals surface area contributed by atoms with E-state index in [-0.39, 0.29) is 13.2 Å². The summed E-state index contributed by atoms with van der Waals surface area (Å²) in [6, 6.07) is 27.7. The number of hydrogen-bond donors (Lipinski definition) is 4. The highest BCUT2D eigenvalue weighted by Crippen LogP contribution is 2.28. The molecule has 346 valence electrons. The number of rotatable bonds is 31. The highest BCUT2D eigenvalue weighted by atomic mass is 16.5. The standard InChI is InChI=1S/C25H34N2O6.C23H33NO6/c1-19(2)17-30-12-13-32-24-8-9-25(20(14-24)15-26)33-18-21(28)16-27-10-11-31-23-6-4-22(29-3)5-7-23;1-4-28-13-14-29-20-6-8-21(9-7-20)30-17-19(25)16-24-12-11-18-5-10-22(26-2)23(15-18)27-3/h4-9,14,19,21,27-28H,10-13,16-18H2,1-3H3;5-10,15,19,24-25H,4,11-14,16-17H2,1-3H3/t21-;19-/m00/s1. The first kappa shape index (κ1) is 51.9. The second kappa shape index (κ2) is 31.4. The number of hydrogen-bond acceptors (Lipinski definition) is 15. The monoisotopic (exact) mass is 877 g/mol. The van der Waals surface area contributed by atoms with Crippen LogP contribution in [0.1, 0.15) is 31.9 Å². The van der Waals surface area contributed by atoms with Gasteiger partial charge in [0.1, 0.15) is 85.8 Å². The van der Waals surface area contributed by atoms with E-state index in [1.165, 1.54) is 0 Å². The zero-order valence-corrected chi connectivity index (χ0v) is 37.6. The molecular formula is C48H67N3O12. The fraction of sp³-hybridized carbons (Fsp3) is 0.479. The van der Waals surface area contributed by atoms with Crippen LogP contribution in [-0.4, -0.2) is 129 Å². The molecule has 0 fully saturated rings. The van der Waals surface area contributed by atoms with Gasteiger partial charge < -0.3 is 68.2 Å². The van der Waals surface area contributed by atoms with Crippen molar-refractivity contribution in [3.8, 4) is 52.1 Å². The van der Waals surface area contributed by atoms with Gasteiger partial charge in [-0.3, -0.25) is 0 Å². The molecule has 2 atom stereocenters. The molecule has 0 unspecified atom stereocenters. The third-order valence-electron chi connectivity index (χ3n) is 8.82. The van der Waals surface area contributed by atoms with Gasteiger partial charge in [-0.15, -0.1) is 0 Å². The Morgan fingerprint density at radius 2 is 1.08 bits per heavy atom. The highest BCUT2D eigenvalue weighted by molar-refractivity contribution is 5.47. The molecule has 0 aliphatic carbocycles. The van der Waals surface area contributed by atoms with E-state index in [0.29, 0.717) is 106 Å². The zero-order chi connectivity index (χ0) is 45.5. The number of benzene rings is 4. The van der Waals surface area contributed by atoms with E-state index in [4.69, 9.17) is 47.4 Å². The fourth-order valence-electron chi connectivity index (χ4n) is 5.56. The molecule has 0 heterocycles. The molecule has 0 aliphatic rings. The van der Waals surface area contributed by atoms with Gasteiger partial charge in [0.05, 0.1) is 40.1 Å². The van der Waals surface area contributed by atoms with Crippen molar-refractivity contribution in [3.05, 3.63) is 96.1 Å². The molecule has 63 heavy (non-hydrogen) atoms. The highest BCUT2D eigenvalue weighted by Gasteiger charge is 2.11. The molecule has 4 aromatic rings. The van der Waals surface area contributed by atoms with Crippen molar-refractivity contribution < 1.29 is 57.6 Å². The van der Waals surface area contributed by atoms with E-state index < -0.39 is 12.2 Å². The van der Waals surface area contributed by atoms with Crippen LogP contribution < -0.4 is 48.5 Å². The van der Waals surface area contributed by atoms with Crippen molar-refractivity contribution in [2.24, 2.45) is 5.92 Å². The van der Waals surface area contributed by atoms with E-state index in [1.54, 1.807) is 39.5 Å². The lowest BCUT2D eigenvalue weighted by Crippen LogP contribution is -2.33. The molecule has 0 bridgehead atoms. The molecule has 4 N–H and O–H groups in total. The van der Waals surface area contributed by atoms with Crippen LogP contribution >= 0.6 is 0 Å².